The summed E-state index contributed by atoms with van der Waals surface area (Å²) in [6.07, 6.45) is 12.8. The van der Waals surface area contributed by atoms with E-state index >= 15 is 0 Å². The van der Waals surface area contributed by atoms with Crippen molar-refractivity contribution in [3.05, 3.63) is 11.8 Å². The van der Waals surface area contributed by atoms with Crippen LogP contribution in [0.15, 0.2) is 11.8 Å². The van der Waals surface area contributed by atoms with Crippen molar-refractivity contribution in [2.24, 2.45) is 0 Å². The molecule has 1 atom stereocenters. The molecule has 0 saturated heterocycles. The van der Waals surface area contributed by atoms with E-state index in [0.29, 0.717) is 12.2 Å². The molecule has 0 aromatic heterocycles. The van der Waals surface area contributed by atoms with Crippen LogP contribution in [0.4, 0.5) is 0 Å². The molecule has 0 saturated carbocycles. The Bertz CT molecular complexity index is 322. The molecule has 0 fully saturated rings. The fraction of sp³-hybridized carbons (Fsp3) is 0.824. The maximum atomic E-state index is 11.9. The van der Waals surface area contributed by atoms with E-state index in [9.17, 15) is 9.90 Å². The summed E-state index contributed by atoms with van der Waals surface area (Å²) in [6, 6.07) is 0. The van der Waals surface area contributed by atoms with Crippen molar-refractivity contribution in [3.8, 4) is 0 Å². The van der Waals surface area contributed by atoms with Gasteiger partial charge in [0.15, 0.2) is 0 Å². The van der Waals surface area contributed by atoms with E-state index in [4.69, 9.17) is 4.74 Å². The monoisotopic (exact) mass is 282 g/mol. The Morgan fingerprint density at radius 3 is 2.25 bits per heavy atom. The number of ether oxygens (including phenoxy) is 1. The standard InChI is InChI=1S/C17H30O3/c1-3-5-7-9-10-12-15-14-16(18)17(19,20-15)13-11-8-6-4-2/h14,19H,3-13H2,1-2H3. The van der Waals surface area contributed by atoms with Gasteiger partial charge in [0, 0.05) is 18.9 Å². The first kappa shape index (κ1) is 17.2. The van der Waals surface area contributed by atoms with Crippen LogP contribution in [0.2, 0.25) is 0 Å². The summed E-state index contributed by atoms with van der Waals surface area (Å²) in [5.41, 5.74) is 0. The van der Waals surface area contributed by atoms with E-state index in [2.05, 4.69) is 13.8 Å². The molecule has 0 bridgehead atoms. The van der Waals surface area contributed by atoms with Crippen LogP contribution in [0.25, 0.3) is 0 Å². The molecular formula is C17H30O3. The maximum Gasteiger partial charge on any atom is 0.271 e. The molecule has 0 radical (unpaired) electrons. The van der Waals surface area contributed by atoms with Crippen LogP contribution in [0.1, 0.15) is 84.5 Å². The molecule has 20 heavy (non-hydrogen) atoms. The summed E-state index contributed by atoms with van der Waals surface area (Å²) in [5, 5.41) is 10.2. The summed E-state index contributed by atoms with van der Waals surface area (Å²) in [4.78, 5) is 11.9. The summed E-state index contributed by atoms with van der Waals surface area (Å²) in [6.45, 7) is 4.34. The smallest absolute Gasteiger partial charge is 0.271 e. The van der Waals surface area contributed by atoms with E-state index in [0.717, 1.165) is 44.9 Å². The molecule has 1 aliphatic heterocycles. The van der Waals surface area contributed by atoms with Gasteiger partial charge in [-0.05, 0) is 12.8 Å². The van der Waals surface area contributed by atoms with Crippen LogP contribution in [-0.4, -0.2) is 16.7 Å². The molecule has 1 rings (SSSR count). The molecule has 1 N–H and O–H groups in total. The predicted molar refractivity (Wildman–Crippen MR) is 81.3 cm³/mol. The van der Waals surface area contributed by atoms with Gasteiger partial charge in [-0.1, -0.05) is 58.8 Å². The number of hydrogen-bond acceptors (Lipinski definition) is 3. The third-order valence-electron chi connectivity index (χ3n) is 3.87. The average molecular weight is 282 g/mol. The number of hydrogen-bond donors (Lipinski definition) is 1. The van der Waals surface area contributed by atoms with Gasteiger partial charge >= 0.3 is 0 Å². The summed E-state index contributed by atoms with van der Waals surface area (Å²) in [7, 11) is 0. The van der Waals surface area contributed by atoms with Gasteiger partial charge in [0.1, 0.15) is 5.76 Å². The normalized spacial score (nSPS) is 21.9. The fourth-order valence-electron chi connectivity index (χ4n) is 2.55. The van der Waals surface area contributed by atoms with Crippen molar-refractivity contribution in [3.63, 3.8) is 0 Å². The van der Waals surface area contributed by atoms with Gasteiger partial charge in [0.25, 0.3) is 5.79 Å². The number of rotatable bonds is 11. The number of carbonyl (C=O) groups is 1. The molecule has 1 heterocycles. The number of ketones is 1. The molecule has 3 heteroatoms. The quantitative estimate of drug-likeness (QED) is 0.568. The van der Waals surface area contributed by atoms with Gasteiger partial charge in [0.05, 0.1) is 0 Å². The lowest BCUT2D eigenvalue weighted by Crippen LogP contribution is -2.36. The molecule has 0 amide bonds. The second-order valence-electron chi connectivity index (χ2n) is 5.84. The zero-order valence-corrected chi connectivity index (χ0v) is 13.1. The van der Waals surface area contributed by atoms with Crippen molar-refractivity contribution < 1.29 is 14.6 Å². The van der Waals surface area contributed by atoms with E-state index in [1.165, 1.54) is 25.3 Å². The van der Waals surface area contributed by atoms with Crippen LogP contribution >= 0.6 is 0 Å². The Labute approximate surface area is 123 Å². The van der Waals surface area contributed by atoms with Gasteiger partial charge in [-0.3, -0.25) is 4.79 Å². The minimum absolute atomic E-state index is 0.266. The Morgan fingerprint density at radius 2 is 1.60 bits per heavy atom. The lowest BCUT2D eigenvalue weighted by atomic mass is 10.0. The van der Waals surface area contributed by atoms with Crippen LogP contribution in [-0.2, 0) is 9.53 Å². The van der Waals surface area contributed by atoms with Gasteiger partial charge in [-0.2, -0.15) is 0 Å². The van der Waals surface area contributed by atoms with Crippen molar-refractivity contribution in [2.75, 3.05) is 0 Å². The van der Waals surface area contributed by atoms with E-state index in [-0.39, 0.29) is 5.78 Å². The van der Waals surface area contributed by atoms with Crippen molar-refractivity contribution in [1.82, 2.24) is 0 Å². The molecule has 1 unspecified atom stereocenters. The highest BCUT2D eigenvalue weighted by Crippen LogP contribution is 2.30. The van der Waals surface area contributed by atoms with Crippen molar-refractivity contribution >= 4 is 5.78 Å². The number of aliphatic hydroxyl groups is 1. The summed E-state index contributed by atoms with van der Waals surface area (Å²) >= 11 is 0. The predicted octanol–water partition coefficient (Wildman–Crippen LogP) is 4.49. The van der Waals surface area contributed by atoms with Gasteiger partial charge < -0.3 is 9.84 Å². The second kappa shape index (κ2) is 9.17. The Kier molecular flexibility index (Phi) is 7.90. The third-order valence-corrected chi connectivity index (χ3v) is 3.87. The Hall–Kier alpha value is -0.830. The highest BCUT2D eigenvalue weighted by atomic mass is 16.6. The summed E-state index contributed by atoms with van der Waals surface area (Å²) < 4.78 is 5.52. The highest BCUT2D eigenvalue weighted by Gasteiger charge is 2.41. The molecular weight excluding hydrogens is 252 g/mol. The van der Waals surface area contributed by atoms with Gasteiger partial charge in [-0.15, -0.1) is 0 Å². The van der Waals surface area contributed by atoms with Crippen molar-refractivity contribution in [1.29, 1.82) is 0 Å². The largest absolute Gasteiger partial charge is 0.459 e. The number of carbonyl (C=O) groups excluding carboxylic acids is 1. The highest BCUT2D eigenvalue weighted by molar-refractivity contribution is 5.97. The first-order valence-electron chi connectivity index (χ1n) is 8.28. The molecule has 0 spiro atoms. The lowest BCUT2D eigenvalue weighted by Gasteiger charge is -2.22. The van der Waals surface area contributed by atoms with E-state index in [1.54, 1.807) is 0 Å². The molecule has 116 valence electrons. The van der Waals surface area contributed by atoms with Crippen LogP contribution in [0.5, 0.6) is 0 Å². The van der Waals surface area contributed by atoms with E-state index in [1.807, 2.05) is 0 Å². The minimum atomic E-state index is -1.56. The number of unbranched alkanes of at least 4 members (excludes halogenated alkanes) is 7. The van der Waals surface area contributed by atoms with Crippen LogP contribution < -0.4 is 0 Å². The molecule has 1 aliphatic rings. The van der Waals surface area contributed by atoms with Gasteiger partial charge in [-0.25, -0.2) is 0 Å². The fourth-order valence-corrected chi connectivity index (χ4v) is 2.55. The van der Waals surface area contributed by atoms with Gasteiger partial charge in [0.2, 0.25) is 5.78 Å². The zero-order chi connectivity index (χ0) is 14.8. The molecule has 3 nitrogen and oxygen atoms in total. The first-order valence-corrected chi connectivity index (χ1v) is 8.28. The molecule has 0 aliphatic carbocycles. The van der Waals surface area contributed by atoms with Crippen LogP contribution in [0.3, 0.4) is 0 Å². The average Bonchev–Trinajstić information content (AvgIpc) is 2.70. The molecule has 0 aromatic carbocycles. The third kappa shape index (κ3) is 5.66. The summed E-state index contributed by atoms with van der Waals surface area (Å²) in [5.74, 6) is -1.16. The number of allylic oxidation sites excluding steroid dienone is 1. The Morgan fingerprint density at radius 1 is 1.00 bits per heavy atom. The zero-order valence-electron chi connectivity index (χ0n) is 13.1. The van der Waals surface area contributed by atoms with Crippen molar-refractivity contribution in [2.45, 2.75) is 90.3 Å². The Balaban J connectivity index is 2.25. The lowest BCUT2D eigenvalue weighted by molar-refractivity contribution is -0.180. The topological polar surface area (TPSA) is 46.5 Å². The minimum Gasteiger partial charge on any atom is -0.459 e. The van der Waals surface area contributed by atoms with Crippen LogP contribution in [0, 0.1) is 0 Å². The first-order chi connectivity index (χ1) is 9.62. The van der Waals surface area contributed by atoms with E-state index < -0.39 is 5.79 Å². The SMILES string of the molecule is CCCCCCCC1=CC(=O)C(O)(CCCCCC)O1. The second-order valence-corrected chi connectivity index (χ2v) is 5.84. The maximum absolute atomic E-state index is 11.9. The molecule has 0 aromatic rings.